The number of hydrogen-bond acceptors (Lipinski definition) is 2. The van der Waals surface area contributed by atoms with Crippen molar-refractivity contribution in [3.05, 3.63) is 28.4 Å². The Kier molecular flexibility index (Phi) is 2.07. The first-order chi connectivity index (χ1) is 6.24. The van der Waals surface area contributed by atoms with E-state index in [0.29, 0.717) is 0 Å². The maximum atomic E-state index is 4.21. The maximum absolute atomic E-state index is 4.21. The number of halogens is 1. The summed E-state index contributed by atoms with van der Waals surface area (Å²) in [6, 6.07) is 2.06. The fourth-order valence-corrected chi connectivity index (χ4v) is 1.82. The monoisotopic (exact) mass is 285 g/mol. The quantitative estimate of drug-likeness (QED) is 0.752. The van der Waals surface area contributed by atoms with E-state index in [1.165, 1.54) is 0 Å². The Bertz CT molecular complexity index is 473. The lowest BCUT2D eigenvalue weighted by Gasteiger charge is -1.96. The third kappa shape index (κ3) is 1.25. The van der Waals surface area contributed by atoms with Gasteiger partial charge in [0, 0.05) is 12.4 Å². The molecule has 0 saturated carbocycles. The molecule has 2 aromatic heterocycles. The Morgan fingerprint density at radius 2 is 2.31 bits per heavy atom. The molecule has 0 unspecified atom stereocenters. The van der Waals surface area contributed by atoms with Gasteiger partial charge in [-0.25, -0.2) is 9.97 Å². The van der Waals surface area contributed by atoms with Crippen LogP contribution in [0.5, 0.6) is 0 Å². The molecule has 0 radical (unpaired) electrons. The lowest BCUT2D eigenvalue weighted by atomic mass is 10.3. The average molecular weight is 285 g/mol. The number of rotatable bonds is 1. The van der Waals surface area contributed by atoms with Crippen molar-refractivity contribution in [2.45, 2.75) is 0 Å². The smallest absolute Gasteiger partial charge is 0.144 e. The van der Waals surface area contributed by atoms with Crippen molar-refractivity contribution in [2.24, 2.45) is 7.05 Å². The molecule has 2 heterocycles. The molecule has 0 amide bonds. The molecule has 2 aromatic rings. The largest absolute Gasteiger partial charge is 0.324 e. The third-order valence-electron chi connectivity index (χ3n) is 1.99. The number of aromatic nitrogens is 3. The van der Waals surface area contributed by atoms with Crippen LogP contribution in [0.1, 0.15) is 5.69 Å². The van der Waals surface area contributed by atoms with Crippen LogP contribution in [-0.2, 0) is 7.05 Å². The van der Waals surface area contributed by atoms with E-state index >= 15 is 0 Å². The van der Waals surface area contributed by atoms with Gasteiger partial charge in [-0.3, -0.25) is 0 Å². The van der Waals surface area contributed by atoms with Crippen molar-refractivity contribution in [1.29, 1.82) is 0 Å². The Labute approximate surface area is 89.6 Å². The van der Waals surface area contributed by atoms with Gasteiger partial charge >= 0.3 is 0 Å². The number of nitrogens with zero attached hydrogens (tertiary/aromatic N) is 3. The highest BCUT2D eigenvalue weighted by atomic mass is 127. The zero-order valence-electron chi connectivity index (χ0n) is 7.16. The summed E-state index contributed by atoms with van der Waals surface area (Å²) in [7, 11) is 1.99. The van der Waals surface area contributed by atoms with Crippen LogP contribution in [0.3, 0.4) is 0 Å². The predicted molar refractivity (Wildman–Crippen MR) is 61.3 cm³/mol. The summed E-state index contributed by atoms with van der Waals surface area (Å²) in [6.45, 7) is 3.72. The van der Waals surface area contributed by atoms with Gasteiger partial charge in [-0.05, 0) is 34.7 Å². The van der Waals surface area contributed by atoms with Crippen molar-refractivity contribution in [3.8, 4) is 0 Å². The van der Waals surface area contributed by atoms with E-state index in [0.717, 1.165) is 20.4 Å². The van der Waals surface area contributed by atoms with Crippen molar-refractivity contribution >= 4 is 39.7 Å². The van der Waals surface area contributed by atoms with E-state index in [4.69, 9.17) is 0 Å². The highest BCUT2D eigenvalue weighted by Crippen LogP contribution is 2.20. The molecule has 0 aromatic carbocycles. The van der Waals surface area contributed by atoms with Crippen LogP contribution in [-0.4, -0.2) is 14.5 Å². The average Bonchev–Trinajstić information content (AvgIpc) is 2.43. The summed E-state index contributed by atoms with van der Waals surface area (Å²) in [5.41, 5.74) is 1.85. The van der Waals surface area contributed by atoms with E-state index in [1.54, 1.807) is 12.4 Å². The molecule has 0 N–H and O–H groups in total. The Hall–Kier alpha value is -0.910. The summed E-state index contributed by atoms with van der Waals surface area (Å²) in [6.07, 6.45) is 3.32. The molecular weight excluding hydrogens is 277 g/mol. The molecule has 0 bridgehead atoms. The van der Waals surface area contributed by atoms with Crippen LogP contribution in [0.2, 0.25) is 0 Å². The molecule has 3 nitrogen and oxygen atoms in total. The SMILES string of the molecule is C=Cc1ncnc2c1cc(I)n2C. The van der Waals surface area contributed by atoms with Crippen LogP contribution in [0.4, 0.5) is 0 Å². The van der Waals surface area contributed by atoms with Crippen molar-refractivity contribution in [2.75, 3.05) is 0 Å². The van der Waals surface area contributed by atoms with Crippen LogP contribution in [0, 0.1) is 3.70 Å². The van der Waals surface area contributed by atoms with Gasteiger partial charge in [0.1, 0.15) is 12.0 Å². The Morgan fingerprint density at radius 1 is 1.54 bits per heavy atom. The second-order valence-electron chi connectivity index (χ2n) is 2.73. The fourth-order valence-electron chi connectivity index (χ4n) is 1.28. The van der Waals surface area contributed by atoms with Gasteiger partial charge in [-0.1, -0.05) is 6.58 Å². The summed E-state index contributed by atoms with van der Waals surface area (Å²) >= 11 is 2.27. The van der Waals surface area contributed by atoms with E-state index in [1.807, 2.05) is 11.6 Å². The van der Waals surface area contributed by atoms with Gasteiger partial charge < -0.3 is 4.57 Å². The minimum absolute atomic E-state index is 0.892. The lowest BCUT2D eigenvalue weighted by Crippen LogP contribution is -1.92. The van der Waals surface area contributed by atoms with E-state index in [9.17, 15) is 0 Å². The number of aryl methyl sites for hydroxylation is 1. The zero-order chi connectivity index (χ0) is 9.42. The number of fused-ring (bicyclic) bond motifs is 1. The van der Waals surface area contributed by atoms with Crippen LogP contribution in [0.25, 0.3) is 17.1 Å². The summed E-state index contributed by atoms with van der Waals surface area (Å²) in [4.78, 5) is 8.34. The van der Waals surface area contributed by atoms with Gasteiger partial charge in [0.2, 0.25) is 0 Å². The standard InChI is InChI=1S/C9H8IN3/c1-3-7-6-4-8(10)13(2)9(6)12-5-11-7/h3-5H,1H2,2H3. The van der Waals surface area contributed by atoms with Gasteiger partial charge in [-0.15, -0.1) is 0 Å². The summed E-state index contributed by atoms with van der Waals surface area (Å²) in [5, 5.41) is 1.06. The van der Waals surface area contributed by atoms with Crippen molar-refractivity contribution < 1.29 is 0 Å². The van der Waals surface area contributed by atoms with Crippen molar-refractivity contribution in [1.82, 2.24) is 14.5 Å². The second-order valence-corrected chi connectivity index (χ2v) is 3.83. The molecule has 0 aliphatic carbocycles. The number of hydrogen-bond donors (Lipinski definition) is 0. The van der Waals surface area contributed by atoms with Gasteiger partial charge in [0.25, 0.3) is 0 Å². The first kappa shape index (κ1) is 8.68. The summed E-state index contributed by atoms with van der Waals surface area (Å²) in [5.74, 6) is 0. The molecule has 0 atom stereocenters. The Morgan fingerprint density at radius 3 is 3.00 bits per heavy atom. The minimum atomic E-state index is 0.892. The zero-order valence-corrected chi connectivity index (χ0v) is 9.32. The molecule has 4 heteroatoms. The molecule has 2 rings (SSSR count). The molecular formula is C9H8IN3. The summed E-state index contributed by atoms with van der Waals surface area (Å²) < 4.78 is 3.18. The van der Waals surface area contributed by atoms with Gasteiger partial charge in [-0.2, -0.15) is 0 Å². The first-order valence-electron chi connectivity index (χ1n) is 3.82. The second kappa shape index (κ2) is 3.10. The fraction of sp³-hybridized carbons (Fsp3) is 0.111. The van der Waals surface area contributed by atoms with Crippen LogP contribution >= 0.6 is 22.6 Å². The third-order valence-corrected chi connectivity index (χ3v) is 3.02. The van der Waals surface area contributed by atoms with E-state index < -0.39 is 0 Å². The first-order valence-corrected chi connectivity index (χ1v) is 4.90. The minimum Gasteiger partial charge on any atom is -0.324 e. The van der Waals surface area contributed by atoms with Gasteiger partial charge in [0.05, 0.1) is 9.39 Å². The molecule has 0 saturated heterocycles. The molecule has 13 heavy (non-hydrogen) atoms. The molecule has 0 fully saturated rings. The highest BCUT2D eigenvalue weighted by Gasteiger charge is 2.06. The normalized spacial score (nSPS) is 10.6. The Balaban J connectivity index is 2.92. The molecule has 0 aliphatic heterocycles. The van der Waals surface area contributed by atoms with Crippen molar-refractivity contribution in [3.63, 3.8) is 0 Å². The highest BCUT2D eigenvalue weighted by molar-refractivity contribution is 14.1. The van der Waals surface area contributed by atoms with Gasteiger partial charge in [0.15, 0.2) is 0 Å². The van der Waals surface area contributed by atoms with Crippen LogP contribution < -0.4 is 0 Å². The molecule has 0 spiro atoms. The lowest BCUT2D eigenvalue weighted by molar-refractivity contribution is 0.915. The van der Waals surface area contributed by atoms with E-state index in [2.05, 4.69) is 45.2 Å². The molecule has 0 aliphatic rings. The molecule has 66 valence electrons. The predicted octanol–water partition coefficient (Wildman–Crippen LogP) is 2.22. The topological polar surface area (TPSA) is 30.7 Å². The maximum Gasteiger partial charge on any atom is 0.144 e. The van der Waals surface area contributed by atoms with Crippen LogP contribution in [0.15, 0.2) is 19.0 Å². The van der Waals surface area contributed by atoms with E-state index in [-0.39, 0.29) is 0 Å².